The van der Waals surface area contributed by atoms with Gasteiger partial charge in [-0.05, 0) is 43.7 Å². The van der Waals surface area contributed by atoms with E-state index >= 15 is 0 Å². The Morgan fingerprint density at radius 3 is 2.89 bits per heavy atom. The summed E-state index contributed by atoms with van der Waals surface area (Å²) in [6.07, 6.45) is 3.32. The van der Waals surface area contributed by atoms with Crippen molar-refractivity contribution in [2.24, 2.45) is 5.73 Å². The molecule has 0 amide bonds. The summed E-state index contributed by atoms with van der Waals surface area (Å²) in [6.45, 7) is 2.07. The van der Waals surface area contributed by atoms with Crippen LogP contribution in [0.25, 0.3) is 11.0 Å². The maximum atomic E-state index is 6.18. The molecule has 1 atom stereocenters. The molecular weight excluding hydrogens is 238 g/mol. The highest BCUT2D eigenvalue weighted by atomic mass is 16.3. The summed E-state index contributed by atoms with van der Waals surface area (Å²) in [5.41, 5.74) is 8.30. The van der Waals surface area contributed by atoms with Crippen LogP contribution in [0.2, 0.25) is 0 Å². The molecule has 0 radical (unpaired) electrons. The molecule has 0 aliphatic heterocycles. The number of nitrogens with two attached hydrogens (primary N) is 1. The zero-order valence-electron chi connectivity index (χ0n) is 10.9. The molecule has 1 unspecified atom stereocenters. The fourth-order valence-electron chi connectivity index (χ4n) is 2.26. The molecule has 2 heterocycles. The van der Waals surface area contributed by atoms with Crippen molar-refractivity contribution in [2.75, 3.05) is 0 Å². The van der Waals surface area contributed by atoms with Crippen molar-refractivity contribution in [3.63, 3.8) is 0 Å². The number of fused-ring (bicyclic) bond motifs is 1. The molecule has 3 heteroatoms. The topological polar surface area (TPSA) is 52.3 Å². The number of hydrogen-bond acceptors (Lipinski definition) is 3. The van der Waals surface area contributed by atoms with Crippen LogP contribution in [0.3, 0.4) is 0 Å². The van der Waals surface area contributed by atoms with Gasteiger partial charge in [-0.15, -0.1) is 0 Å². The molecule has 3 aromatic rings. The van der Waals surface area contributed by atoms with Crippen LogP contribution in [0.4, 0.5) is 0 Å². The molecule has 98 valence electrons. The van der Waals surface area contributed by atoms with Crippen LogP contribution < -0.4 is 5.73 Å². The van der Waals surface area contributed by atoms with E-state index in [1.807, 2.05) is 30.3 Å². The highest BCUT2D eigenvalue weighted by Crippen LogP contribution is 2.26. The Bertz CT molecular complexity index is 667. The van der Waals surface area contributed by atoms with Crippen molar-refractivity contribution in [3.8, 4) is 0 Å². The molecule has 0 saturated heterocycles. The Kier molecular flexibility index (Phi) is 3.13. The van der Waals surface area contributed by atoms with Crippen LogP contribution in [0.5, 0.6) is 0 Å². The molecule has 0 bridgehead atoms. The van der Waals surface area contributed by atoms with E-state index in [2.05, 4.69) is 13.0 Å². The van der Waals surface area contributed by atoms with Crippen molar-refractivity contribution in [3.05, 3.63) is 59.7 Å². The van der Waals surface area contributed by atoms with Gasteiger partial charge < -0.3 is 14.6 Å². The van der Waals surface area contributed by atoms with Gasteiger partial charge in [0.25, 0.3) is 0 Å². The third-order valence-electron chi connectivity index (χ3n) is 3.34. The van der Waals surface area contributed by atoms with Crippen molar-refractivity contribution in [1.82, 2.24) is 0 Å². The van der Waals surface area contributed by atoms with Gasteiger partial charge in [0.1, 0.15) is 17.1 Å². The van der Waals surface area contributed by atoms with Gasteiger partial charge in [0.15, 0.2) is 0 Å². The van der Waals surface area contributed by atoms with Gasteiger partial charge in [-0.25, -0.2) is 0 Å². The molecule has 0 aliphatic carbocycles. The molecule has 1 aromatic carbocycles. The lowest BCUT2D eigenvalue weighted by Crippen LogP contribution is -2.10. The Labute approximate surface area is 112 Å². The lowest BCUT2D eigenvalue weighted by molar-refractivity contribution is 0.450. The molecule has 0 aliphatic rings. The third kappa shape index (κ3) is 2.56. The van der Waals surface area contributed by atoms with Crippen molar-refractivity contribution >= 4 is 11.0 Å². The summed E-state index contributed by atoms with van der Waals surface area (Å²) in [7, 11) is 0. The summed E-state index contributed by atoms with van der Waals surface area (Å²) in [5.74, 6) is 1.80. The van der Waals surface area contributed by atoms with E-state index < -0.39 is 0 Å². The third-order valence-corrected chi connectivity index (χ3v) is 3.34. The lowest BCUT2D eigenvalue weighted by Gasteiger charge is -2.06. The molecule has 0 saturated carbocycles. The number of aryl methyl sites for hydroxylation is 2. The second-order valence-corrected chi connectivity index (χ2v) is 4.91. The maximum Gasteiger partial charge on any atom is 0.134 e. The van der Waals surface area contributed by atoms with Gasteiger partial charge in [0.2, 0.25) is 0 Å². The second kappa shape index (κ2) is 4.94. The minimum atomic E-state index is -0.0993. The highest BCUT2D eigenvalue weighted by Gasteiger charge is 2.12. The van der Waals surface area contributed by atoms with E-state index in [0.717, 1.165) is 35.3 Å². The van der Waals surface area contributed by atoms with Gasteiger partial charge in [-0.1, -0.05) is 11.6 Å². The summed E-state index contributed by atoms with van der Waals surface area (Å²) >= 11 is 0. The van der Waals surface area contributed by atoms with Crippen molar-refractivity contribution in [1.29, 1.82) is 0 Å². The normalized spacial score (nSPS) is 12.9. The largest absolute Gasteiger partial charge is 0.469 e. The molecule has 3 rings (SSSR count). The monoisotopic (exact) mass is 255 g/mol. The number of furan rings is 2. The van der Waals surface area contributed by atoms with Gasteiger partial charge in [0, 0.05) is 11.8 Å². The van der Waals surface area contributed by atoms with Gasteiger partial charge >= 0.3 is 0 Å². The van der Waals surface area contributed by atoms with E-state index in [1.165, 1.54) is 5.56 Å². The maximum absolute atomic E-state index is 6.18. The molecular formula is C16H17NO2. The molecule has 19 heavy (non-hydrogen) atoms. The average Bonchev–Trinajstić information content (AvgIpc) is 3.04. The van der Waals surface area contributed by atoms with Crippen LogP contribution >= 0.6 is 0 Å². The summed E-state index contributed by atoms with van der Waals surface area (Å²) in [6, 6.07) is 12.0. The van der Waals surface area contributed by atoms with E-state index in [1.54, 1.807) is 6.26 Å². The van der Waals surface area contributed by atoms with E-state index in [-0.39, 0.29) is 6.04 Å². The van der Waals surface area contributed by atoms with Gasteiger partial charge in [0.05, 0.1) is 12.3 Å². The fraction of sp³-hybridized carbons (Fsp3) is 0.250. The van der Waals surface area contributed by atoms with Gasteiger partial charge in [-0.2, -0.15) is 0 Å². The average molecular weight is 255 g/mol. The minimum Gasteiger partial charge on any atom is -0.469 e. The highest BCUT2D eigenvalue weighted by molar-refractivity contribution is 5.78. The predicted octanol–water partition coefficient (Wildman–Crippen LogP) is 3.97. The number of benzene rings is 1. The standard InChI is InChI=1S/C16H17NO2/c1-11-4-7-15-12(9-11)10-16(19-15)14(17)6-5-13-3-2-8-18-13/h2-4,7-10,14H,5-6,17H2,1H3. The van der Waals surface area contributed by atoms with Crippen LogP contribution in [-0.2, 0) is 6.42 Å². The quantitative estimate of drug-likeness (QED) is 0.767. The molecule has 2 N–H and O–H groups in total. The molecule has 0 spiro atoms. The second-order valence-electron chi connectivity index (χ2n) is 4.91. The predicted molar refractivity (Wildman–Crippen MR) is 74.9 cm³/mol. The fourth-order valence-corrected chi connectivity index (χ4v) is 2.26. The van der Waals surface area contributed by atoms with Crippen LogP contribution in [0.1, 0.15) is 29.5 Å². The first-order valence-electron chi connectivity index (χ1n) is 6.50. The van der Waals surface area contributed by atoms with Gasteiger partial charge in [-0.3, -0.25) is 0 Å². The van der Waals surface area contributed by atoms with E-state index in [9.17, 15) is 0 Å². The molecule has 3 nitrogen and oxygen atoms in total. The Hall–Kier alpha value is -2.00. The first-order valence-corrected chi connectivity index (χ1v) is 6.50. The summed E-state index contributed by atoms with van der Waals surface area (Å²) < 4.78 is 11.1. The summed E-state index contributed by atoms with van der Waals surface area (Å²) in [5, 5.41) is 1.11. The lowest BCUT2D eigenvalue weighted by atomic mass is 10.1. The molecule has 0 fully saturated rings. The smallest absolute Gasteiger partial charge is 0.134 e. The van der Waals surface area contributed by atoms with E-state index in [0.29, 0.717) is 0 Å². The molecule has 2 aromatic heterocycles. The summed E-state index contributed by atoms with van der Waals surface area (Å²) in [4.78, 5) is 0. The number of hydrogen-bond donors (Lipinski definition) is 1. The minimum absolute atomic E-state index is 0.0993. The first-order chi connectivity index (χ1) is 9.22. The zero-order chi connectivity index (χ0) is 13.2. The zero-order valence-corrected chi connectivity index (χ0v) is 10.9. The van der Waals surface area contributed by atoms with Crippen molar-refractivity contribution < 1.29 is 8.83 Å². The Morgan fingerprint density at radius 2 is 2.11 bits per heavy atom. The Morgan fingerprint density at radius 1 is 1.21 bits per heavy atom. The van der Waals surface area contributed by atoms with Crippen molar-refractivity contribution in [2.45, 2.75) is 25.8 Å². The van der Waals surface area contributed by atoms with Crippen LogP contribution in [0.15, 0.2) is 51.5 Å². The number of rotatable bonds is 4. The van der Waals surface area contributed by atoms with E-state index in [4.69, 9.17) is 14.6 Å². The first kappa shape index (κ1) is 12.1. The Balaban J connectivity index is 1.75. The SMILES string of the molecule is Cc1ccc2oc(C(N)CCc3ccco3)cc2c1. The van der Waals surface area contributed by atoms with Crippen LogP contribution in [-0.4, -0.2) is 0 Å². The van der Waals surface area contributed by atoms with Crippen LogP contribution in [0, 0.1) is 6.92 Å².